The lowest BCUT2D eigenvalue weighted by Crippen LogP contribution is -1.99. The van der Waals surface area contributed by atoms with Gasteiger partial charge in [-0.2, -0.15) is 0 Å². The van der Waals surface area contributed by atoms with Crippen molar-refractivity contribution in [1.29, 1.82) is 0 Å². The van der Waals surface area contributed by atoms with Gasteiger partial charge in [0.15, 0.2) is 0 Å². The number of unbranched alkanes of at least 4 members (excludes halogenated alkanes) is 28. The summed E-state index contributed by atoms with van der Waals surface area (Å²) in [5.41, 5.74) is 0. The zero-order valence-corrected chi connectivity index (χ0v) is 26.9. The normalized spacial score (nSPS) is 12.4. The molecule has 0 aliphatic rings. The summed E-state index contributed by atoms with van der Waals surface area (Å²) in [4.78, 5) is 0. The van der Waals surface area contributed by atoms with E-state index in [1.54, 1.807) is 0 Å². The standard InChI is InChI=1S/C37H76/c1-4-7-9-11-13-15-17-19-20-21-22-24-26-28-30-32-34-36-37(6-3)35-33-31-29-27-25-23-18-16-14-12-10-8-5-2/h37H,4-36H2,1-3H3. The maximum atomic E-state index is 2.43. The van der Waals surface area contributed by atoms with Crippen molar-refractivity contribution in [2.75, 3.05) is 0 Å². The molecule has 0 aromatic rings. The molecule has 0 heterocycles. The van der Waals surface area contributed by atoms with Gasteiger partial charge < -0.3 is 0 Å². The van der Waals surface area contributed by atoms with Crippen LogP contribution in [0.5, 0.6) is 0 Å². The predicted octanol–water partition coefficient (Wildman–Crippen LogP) is 14.5. The molecule has 0 aliphatic carbocycles. The van der Waals surface area contributed by atoms with Crippen molar-refractivity contribution in [2.24, 2.45) is 5.92 Å². The summed E-state index contributed by atoms with van der Waals surface area (Å²) >= 11 is 0. The minimum absolute atomic E-state index is 1.02. The van der Waals surface area contributed by atoms with Crippen LogP contribution in [0.3, 0.4) is 0 Å². The van der Waals surface area contributed by atoms with E-state index in [4.69, 9.17) is 0 Å². The number of hydrogen-bond donors (Lipinski definition) is 0. The third kappa shape index (κ3) is 32.1. The van der Waals surface area contributed by atoms with Crippen molar-refractivity contribution in [2.45, 2.75) is 233 Å². The van der Waals surface area contributed by atoms with E-state index >= 15 is 0 Å². The molecule has 1 unspecified atom stereocenters. The molecule has 0 saturated carbocycles. The van der Waals surface area contributed by atoms with Gasteiger partial charge in [0, 0.05) is 0 Å². The van der Waals surface area contributed by atoms with Crippen molar-refractivity contribution in [3.63, 3.8) is 0 Å². The molecule has 0 heteroatoms. The monoisotopic (exact) mass is 521 g/mol. The smallest absolute Gasteiger partial charge is 0.0417 e. The van der Waals surface area contributed by atoms with E-state index < -0.39 is 0 Å². The lowest BCUT2D eigenvalue weighted by atomic mass is 9.92. The Balaban J connectivity index is 3.25. The van der Waals surface area contributed by atoms with Crippen LogP contribution in [0.4, 0.5) is 0 Å². The molecule has 0 aromatic carbocycles. The molecule has 0 bridgehead atoms. The highest BCUT2D eigenvalue weighted by molar-refractivity contribution is 4.59. The Hall–Kier alpha value is 0. The van der Waals surface area contributed by atoms with Crippen LogP contribution in [0, 0.1) is 5.92 Å². The molecular weight excluding hydrogens is 444 g/mol. The molecule has 224 valence electrons. The van der Waals surface area contributed by atoms with E-state index in [0.29, 0.717) is 0 Å². The maximum absolute atomic E-state index is 2.43. The zero-order valence-electron chi connectivity index (χ0n) is 26.9. The highest BCUT2D eigenvalue weighted by Gasteiger charge is 2.06. The van der Waals surface area contributed by atoms with E-state index in [1.165, 1.54) is 212 Å². The summed E-state index contributed by atoms with van der Waals surface area (Å²) < 4.78 is 0. The highest BCUT2D eigenvalue weighted by Crippen LogP contribution is 2.22. The molecule has 1 atom stereocenters. The molecule has 37 heavy (non-hydrogen) atoms. The summed E-state index contributed by atoms with van der Waals surface area (Å²) in [5, 5.41) is 0. The van der Waals surface area contributed by atoms with Crippen LogP contribution < -0.4 is 0 Å². The number of rotatable bonds is 33. The van der Waals surface area contributed by atoms with Gasteiger partial charge in [0.25, 0.3) is 0 Å². The van der Waals surface area contributed by atoms with Gasteiger partial charge in [-0.05, 0) is 5.92 Å². The zero-order chi connectivity index (χ0) is 26.9. The predicted molar refractivity (Wildman–Crippen MR) is 173 cm³/mol. The number of hydrogen-bond acceptors (Lipinski definition) is 0. The summed E-state index contributed by atoms with van der Waals surface area (Å²) in [7, 11) is 0. The van der Waals surface area contributed by atoms with Crippen LogP contribution in [-0.2, 0) is 0 Å². The first-order valence-corrected chi connectivity index (χ1v) is 18.3. The minimum atomic E-state index is 1.02. The third-order valence-corrected chi connectivity index (χ3v) is 9.01. The first-order valence-electron chi connectivity index (χ1n) is 18.3. The molecule has 0 aromatic heterocycles. The molecule has 0 radical (unpaired) electrons. The van der Waals surface area contributed by atoms with E-state index in [9.17, 15) is 0 Å². The van der Waals surface area contributed by atoms with Gasteiger partial charge in [-0.1, -0.05) is 233 Å². The molecule has 0 spiro atoms. The second kappa shape index (κ2) is 34.0. The Morgan fingerprint density at radius 2 is 0.432 bits per heavy atom. The first kappa shape index (κ1) is 37.0. The van der Waals surface area contributed by atoms with E-state index in [1.807, 2.05) is 0 Å². The van der Waals surface area contributed by atoms with Crippen LogP contribution in [0.25, 0.3) is 0 Å². The maximum Gasteiger partial charge on any atom is -0.0417 e. The van der Waals surface area contributed by atoms with E-state index in [2.05, 4.69) is 20.8 Å². The summed E-state index contributed by atoms with van der Waals surface area (Å²) in [5.74, 6) is 1.02. The SMILES string of the molecule is CCCCCCCCCCCCCCCCCCCC(CC)CCCCCCCCCCCCCCC. The van der Waals surface area contributed by atoms with E-state index in [0.717, 1.165) is 5.92 Å². The van der Waals surface area contributed by atoms with Crippen LogP contribution in [0.1, 0.15) is 233 Å². The Labute approximate surface area is 238 Å². The molecule has 0 fully saturated rings. The topological polar surface area (TPSA) is 0 Å². The largest absolute Gasteiger partial charge is 0.0654 e. The van der Waals surface area contributed by atoms with Crippen LogP contribution in [0.2, 0.25) is 0 Å². The van der Waals surface area contributed by atoms with Gasteiger partial charge in [0.05, 0.1) is 0 Å². The summed E-state index contributed by atoms with van der Waals surface area (Å²) in [6.45, 7) is 7.05. The third-order valence-electron chi connectivity index (χ3n) is 9.01. The molecule has 0 N–H and O–H groups in total. The quantitative estimate of drug-likeness (QED) is 0.0754. The van der Waals surface area contributed by atoms with Gasteiger partial charge in [0.2, 0.25) is 0 Å². The van der Waals surface area contributed by atoms with Crippen LogP contribution in [-0.4, -0.2) is 0 Å². The lowest BCUT2D eigenvalue weighted by molar-refractivity contribution is 0.392. The Morgan fingerprint density at radius 3 is 0.622 bits per heavy atom. The van der Waals surface area contributed by atoms with Gasteiger partial charge >= 0.3 is 0 Å². The first-order chi connectivity index (χ1) is 18.3. The van der Waals surface area contributed by atoms with Crippen molar-refractivity contribution < 1.29 is 0 Å². The molecule has 0 saturated heterocycles. The fraction of sp³-hybridized carbons (Fsp3) is 1.00. The second-order valence-electron chi connectivity index (χ2n) is 12.8. The van der Waals surface area contributed by atoms with Crippen molar-refractivity contribution >= 4 is 0 Å². The Bertz CT molecular complexity index is 372. The van der Waals surface area contributed by atoms with Crippen molar-refractivity contribution in [3.05, 3.63) is 0 Å². The summed E-state index contributed by atoms with van der Waals surface area (Å²) in [6.07, 6.45) is 48.8. The molecular formula is C37H76. The van der Waals surface area contributed by atoms with Gasteiger partial charge in [0.1, 0.15) is 0 Å². The minimum Gasteiger partial charge on any atom is -0.0654 e. The molecule has 0 amide bonds. The van der Waals surface area contributed by atoms with Crippen molar-refractivity contribution in [3.8, 4) is 0 Å². The Morgan fingerprint density at radius 1 is 0.243 bits per heavy atom. The fourth-order valence-electron chi connectivity index (χ4n) is 6.16. The summed E-state index contributed by atoms with van der Waals surface area (Å²) in [6, 6.07) is 0. The average Bonchev–Trinajstić information content (AvgIpc) is 2.91. The molecule has 0 aliphatic heterocycles. The van der Waals surface area contributed by atoms with Gasteiger partial charge in [-0.25, -0.2) is 0 Å². The lowest BCUT2D eigenvalue weighted by Gasteiger charge is -2.14. The van der Waals surface area contributed by atoms with Crippen molar-refractivity contribution in [1.82, 2.24) is 0 Å². The van der Waals surface area contributed by atoms with E-state index in [-0.39, 0.29) is 0 Å². The molecule has 0 nitrogen and oxygen atoms in total. The average molecular weight is 521 g/mol. The fourth-order valence-corrected chi connectivity index (χ4v) is 6.16. The van der Waals surface area contributed by atoms with Gasteiger partial charge in [-0.3, -0.25) is 0 Å². The van der Waals surface area contributed by atoms with Crippen LogP contribution >= 0.6 is 0 Å². The second-order valence-corrected chi connectivity index (χ2v) is 12.8. The van der Waals surface area contributed by atoms with Gasteiger partial charge in [-0.15, -0.1) is 0 Å². The Kier molecular flexibility index (Phi) is 34.0. The highest BCUT2D eigenvalue weighted by atomic mass is 14.1. The van der Waals surface area contributed by atoms with Crippen LogP contribution in [0.15, 0.2) is 0 Å². The molecule has 0 rings (SSSR count).